The van der Waals surface area contributed by atoms with Crippen LogP contribution in [0.4, 0.5) is 0 Å². The number of amides is 2. The van der Waals surface area contributed by atoms with Gasteiger partial charge in [0.15, 0.2) is 0 Å². The van der Waals surface area contributed by atoms with E-state index in [4.69, 9.17) is 0 Å². The van der Waals surface area contributed by atoms with Crippen LogP contribution in [-0.4, -0.2) is 41.8 Å². The molecule has 4 nitrogen and oxygen atoms in total. The average molecular weight is 314 g/mol. The van der Waals surface area contributed by atoms with E-state index >= 15 is 0 Å². The van der Waals surface area contributed by atoms with Gasteiger partial charge in [0.1, 0.15) is 5.41 Å². The summed E-state index contributed by atoms with van der Waals surface area (Å²) in [5, 5.41) is 0. The van der Waals surface area contributed by atoms with Crippen molar-refractivity contribution < 1.29 is 9.59 Å². The minimum absolute atomic E-state index is 0.00928. The van der Waals surface area contributed by atoms with Crippen LogP contribution in [0.5, 0.6) is 0 Å². The van der Waals surface area contributed by atoms with Gasteiger partial charge in [0, 0.05) is 26.7 Å². The van der Waals surface area contributed by atoms with Crippen molar-refractivity contribution in [1.82, 2.24) is 9.80 Å². The van der Waals surface area contributed by atoms with E-state index < -0.39 is 5.41 Å². The van der Waals surface area contributed by atoms with Gasteiger partial charge in [0.25, 0.3) is 0 Å². The van der Waals surface area contributed by atoms with Crippen molar-refractivity contribution in [2.45, 2.75) is 39.2 Å². The minimum atomic E-state index is -0.760. The van der Waals surface area contributed by atoms with Crippen molar-refractivity contribution in [3.63, 3.8) is 0 Å². The summed E-state index contributed by atoms with van der Waals surface area (Å²) in [6.07, 6.45) is 3.51. The van der Waals surface area contributed by atoms with Crippen LogP contribution in [-0.2, 0) is 16.1 Å². The van der Waals surface area contributed by atoms with Gasteiger partial charge in [-0.05, 0) is 37.2 Å². The van der Waals surface area contributed by atoms with Gasteiger partial charge in [0.05, 0.1) is 0 Å². The lowest BCUT2D eigenvalue weighted by molar-refractivity contribution is -0.149. The van der Waals surface area contributed by atoms with E-state index in [1.54, 1.807) is 11.9 Å². The molecule has 1 aromatic rings. The van der Waals surface area contributed by atoms with Crippen LogP contribution in [0.3, 0.4) is 0 Å². The second-order valence-electron chi connectivity index (χ2n) is 7.20. The van der Waals surface area contributed by atoms with E-state index in [1.807, 2.05) is 35.2 Å². The fraction of sp³-hybridized carbons (Fsp3) is 0.579. The highest BCUT2D eigenvalue weighted by molar-refractivity contribution is 6.07. The number of hydrogen-bond acceptors (Lipinski definition) is 2. The predicted octanol–water partition coefficient (Wildman–Crippen LogP) is 2.68. The number of rotatable bonds is 4. The van der Waals surface area contributed by atoms with Crippen molar-refractivity contribution in [2.75, 3.05) is 20.1 Å². The highest BCUT2D eigenvalue weighted by Crippen LogP contribution is 2.49. The SMILES string of the molecule is CC1CCN(C(=O)C2(C(=O)N(C)Cc3ccccc3)CC2)CC1. The molecule has 0 unspecified atom stereocenters. The molecule has 124 valence electrons. The molecule has 2 amide bonds. The maximum absolute atomic E-state index is 12.9. The molecule has 4 heteroatoms. The first-order chi connectivity index (χ1) is 11.0. The molecule has 23 heavy (non-hydrogen) atoms. The monoisotopic (exact) mass is 314 g/mol. The van der Waals surface area contributed by atoms with Gasteiger partial charge in [-0.15, -0.1) is 0 Å². The van der Waals surface area contributed by atoms with Gasteiger partial charge >= 0.3 is 0 Å². The number of likely N-dealkylation sites (tertiary alicyclic amines) is 1. The van der Waals surface area contributed by atoms with Crippen LogP contribution in [0.15, 0.2) is 30.3 Å². The number of benzene rings is 1. The van der Waals surface area contributed by atoms with E-state index in [-0.39, 0.29) is 11.8 Å². The third-order valence-corrected chi connectivity index (χ3v) is 5.25. The first kappa shape index (κ1) is 16.0. The quantitative estimate of drug-likeness (QED) is 0.802. The molecule has 2 fully saturated rings. The maximum atomic E-state index is 12.9. The Hall–Kier alpha value is -1.84. The molecule has 0 N–H and O–H groups in total. The Kier molecular flexibility index (Phi) is 4.42. The van der Waals surface area contributed by atoms with Gasteiger partial charge < -0.3 is 9.80 Å². The average Bonchev–Trinajstić information content (AvgIpc) is 3.37. The maximum Gasteiger partial charge on any atom is 0.238 e. The standard InChI is InChI=1S/C19H26N2O2/c1-15-8-12-21(13-9-15)18(23)19(10-11-19)17(22)20(2)14-16-6-4-3-5-7-16/h3-7,15H,8-14H2,1-2H3. The van der Waals surface area contributed by atoms with Crippen LogP contribution in [0, 0.1) is 11.3 Å². The summed E-state index contributed by atoms with van der Waals surface area (Å²) in [5.74, 6) is 0.741. The van der Waals surface area contributed by atoms with Gasteiger partial charge in [-0.25, -0.2) is 0 Å². The van der Waals surface area contributed by atoms with E-state index in [0.29, 0.717) is 25.3 Å². The van der Waals surface area contributed by atoms with Crippen LogP contribution in [0.1, 0.15) is 38.2 Å². The van der Waals surface area contributed by atoms with Gasteiger partial charge in [0.2, 0.25) is 11.8 Å². The first-order valence-electron chi connectivity index (χ1n) is 8.62. The number of nitrogens with zero attached hydrogens (tertiary/aromatic N) is 2. The summed E-state index contributed by atoms with van der Waals surface area (Å²) in [6.45, 7) is 4.40. The molecular weight excluding hydrogens is 288 g/mol. The Morgan fingerprint density at radius 2 is 1.78 bits per heavy atom. The third kappa shape index (κ3) is 3.26. The molecule has 1 aliphatic carbocycles. The summed E-state index contributed by atoms with van der Waals surface area (Å²) in [4.78, 5) is 29.4. The molecule has 1 saturated carbocycles. The summed E-state index contributed by atoms with van der Waals surface area (Å²) in [5.41, 5.74) is 0.336. The molecule has 1 saturated heterocycles. The fourth-order valence-corrected chi connectivity index (χ4v) is 3.45. The Bertz CT molecular complexity index is 572. The topological polar surface area (TPSA) is 40.6 Å². The molecule has 3 rings (SSSR count). The van der Waals surface area contributed by atoms with Gasteiger partial charge in [-0.2, -0.15) is 0 Å². The van der Waals surface area contributed by atoms with Crippen LogP contribution >= 0.6 is 0 Å². The number of carbonyl (C=O) groups is 2. The molecule has 0 radical (unpaired) electrons. The summed E-state index contributed by atoms with van der Waals surface area (Å²) < 4.78 is 0. The van der Waals surface area contributed by atoms with Gasteiger partial charge in [-0.1, -0.05) is 37.3 Å². The Morgan fingerprint density at radius 3 is 2.35 bits per heavy atom. The summed E-state index contributed by atoms with van der Waals surface area (Å²) >= 11 is 0. The lowest BCUT2D eigenvalue weighted by atomic mass is 9.96. The zero-order valence-electron chi connectivity index (χ0n) is 14.1. The number of hydrogen-bond donors (Lipinski definition) is 0. The summed E-state index contributed by atoms with van der Waals surface area (Å²) in [6, 6.07) is 9.93. The van der Waals surface area contributed by atoms with E-state index in [1.165, 1.54) is 0 Å². The second kappa shape index (κ2) is 6.34. The zero-order valence-corrected chi connectivity index (χ0v) is 14.1. The highest BCUT2D eigenvalue weighted by Gasteiger charge is 2.59. The Labute approximate surface area is 138 Å². The van der Waals surface area contributed by atoms with E-state index in [2.05, 4.69) is 6.92 Å². The Balaban J connectivity index is 1.65. The fourth-order valence-electron chi connectivity index (χ4n) is 3.45. The van der Waals surface area contributed by atoms with Crippen LogP contribution in [0.2, 0.25) is 0 Å². The van der Waals surface area contributed by atoms with Gasteiger partial charge in [-0.3, -0.25) is 9.59 Å². The lowest BCUT2D eigenvalue weighted by Crippen LogP contribution is -2.48. The highest BCUT2D eigenvalue weighted by atomic mass is 16.2. The molecule has 0 spiro atoms. The zero-order chi connectivity index (χ0) is 16.4. The predicted molar refractivity (Wildman–Crippen MR) is 89.6 cm³/mol. The first-order valence-corrected chi connectivity index (χ1v) is 8.62. The van der Waals surface area contributed by atoms with Crippen LogP contribution in [0.25, 0.3) is 0 Å². The molecular formula is C19H26N2O2. The third-order valence-electron chi connectivity index (χ3n) is 5.25. The van der Waals surface area contributed by atoms with E-state index in [9.17, 15) is 9.59 Å². The number of carbonyl (C=O) groups excluding carboxylic acids is 2. The summed E-state index contributed by atoms with van der Waals surface area (Å²) in [7, 11) is 1.81. The van der Waals surface area contributed by atoms with Crippen LogP contribution < -0.4 is 0 Å². The molecule has 0 atom stereocenters. The molecule has 2 aliphatic rings. The number of piperidine rings is 1. The Morgan fingerprint density at radius 1 is 1.17 bits per heavy atom. The lowest BCUT2D eigenvalue weighted by Gasteiger charge is -2.34. The molecule has 1 aromatic carbocycles. The molecule has 0 bridgehead atoms. The van der Waals surface area contributed by atoms with Crippen molar-refractivity contribution in [3.8, 4) is 0 Å². The van der Waals surface area contributed by atoms with Crippen molar-refractivity contribution in [3.05, 3.63) is 35.9 Å². The molecule has 1 aliphatic heterocycles. The largest absolute Gasteiger partial charge is 0.342 e. The second-order valence-corrected chi connectivity index (χ2v) is 7.20. The molecule has 1 heterocycles. The minimum Gasteiger partial charge on any atom is -0.342 e. The molecule has 0 aromatic heterocycles. The smallest absolute Gasteiger partial charge is 0.238 e. The van der Waals surface area contributed by atoms with Crippen molar-refractivity contribution in [2.24, 2.45) is 11.3 Å². The van der Waals surface area contributed by atoms with E-state index in [0.717, 1.165) is 31.5 Å². The normalized spacial score (nSPS) is 20.2. The van der Waals surface area contributed by atoms with Crippen molar-refractivity contribution >= 4 is 11.8 Å². The van der Waals surface area contributed by atoms with Crippen molar-refractivity contribution in [1.29, 1.82) is 0 Å².